The molecular weight excluding hydrogens is 260 g/mol. The Morgan fingerprint density at radius 2 is 2.00 bits per heavy atom. The summed E-state index contributed by atoms with van der Waals surface area (Å²) in [5, 5.41) is 8.02. The van der Waals surface area contributed by atoms with Gasteiger partial charge in [-0.3, -0.25) is 4.21 Å². The molecule has 0 aliphatic rings. The molecule has 0 saturated heterocycles. The van der Waals surface area contributed by atoms with Gasteiger partial charge in [0.15, 0.2) is 0 Å². The van der Waals surface area contributed by atoms with Gasteiger partial charge in [0.05, 0.1) is 5.69 Å². The third-order valence-corrected chi connectivity index (χ3v) is 4.43. The number of para-hydroxylation sites is 1. The normalized spacial score (nSPS) is 13.3. The molecule has 0 fully saturated rings. The van der Waals surface area contributed by atoms with Crippen LogP contribution in [0.1, 0.15) is 6.92 Å². The highest BCUT2D eigenvalue weighted by molar-refractivity contribution is 7.89. The summed E-state index contributed by atoms with van der Waals surface area (Å²) in [6.45, 7) is 2.29. The van der Waals surface area contributed by atoms with Gasteiger partial charge in [-0.25, -0.2) is 13.6 Å². The smallest absolute Gasteiger partial charge is 0.240 e. The van der Waals surface area contributed by atoms with Gasteiger partial charge in [-0.2, -0.15) is 0 Å². The van der Waals surface area contributed by atoms with Crippen molar-refractivity contribution >= 4 is 26.5 Å². The maximum atomic E-state index is 11.3. The second kappa shape index (κ2) is 6.13. The number of anilines is 1. The molecule has 0 aliphatic carbocycles. The van der Waals surface area contributed by atoms with Crippen molar-refractivity contribution < 1.29 is 12.6 Å². The van der Waals surface area contributed by atoms with Crippen LogP contribution in [-0.2, 0) is 20.8 Å². The molecule has 1 rings (SSSR count). The van der Waals surface area contributed by atoms with E-state index in [2.05, 4.69) is 5.32 Å². The van der Waals surface area contributed by atoms with Crippen LogP contribution >= 0.6 is 0 Å². The highest BCUT2D eigenvalue weighted by atomic mass is 32.2. The van der Waals surface area contributed by atoms with E-state index in [1.807, 2.05) is 6.92 Å². The lowest BCUT2D eigenvalue weighted by Crippen LogP contribution is -2.17. The Bertz CT molecular complexity index is 500. The van der Waals surface area contributed by atoms with E-state index < -0.39 is 20.8 Å². The molecule has 1 aromatic rings. The molecule has 0 heterocycles. The number of nitrogens with one attached hydrogen (secondary N) is 1. The van der Waals surface area contributed by atoms with Crippen LogP contribution < -0.4 is 10.5 Å². The van der Waals surface area contributed by atoms with Gasteiger partial charge in [-0.15, -0.1) is 0 Å². The molecule has 0 aliphatic heterocycles. The molecule has 0 radical (unpaired) electrons. The molecule has 0 spiro atoms. The van der Waals surface area contributed by atoms with Crippen molar-refractivity contribution in [3.8, 4) is 0 Å². The van der Waals surface area contributed by atoms with Crippen molar-refractivity contribution in [2.75, 3.05) is 23.4 Å². The van der Waals surface area contributed by atoms with Crippen molar-refractivity contribution in [2.45, 2.75) is 11.8 Å². The van der Waals surface area contributed by atoms with E-state index in [4.69, 9.17) is 5.14 Å². The number of benzene rings is 1. The predicted molar refractivity (Wildman–Crippen MR) is 69.9 cm³/mol. The lowest BCUT2D eigenvalue weighted by molar-refractivity contribution is 0.598. The molecule has 96 valence electrons. The van der Waals surface area contributed by atoms with Crippen molar-refractivity contribution in [3.05, 3.63) is 24.3 Å². The van der Waals surface area contributed by atoms with E-state index in [9.17, 15) is 12.6 Å². The van der Waals surface area contributed by atoms with Crippen LogP contribution in [0.4, 0.5) is 5.69 Å². The summed E-state index contributed by atoms with van der Waals surface area (Å²) >= 11 is 0. The summed E-state index contributed by atoms with van der Waals surface area (Å²) in [6.07, 6.45) is 0. The first-order valence-electron chi connectivity index (χ1n) is 5.16. The van der Waals surface area contributed by atoms with Crippen LogP contribution in [-0.4, -0.2) is 30.7 Å². The fourth-order valence-corrected chi connectivity index (χ4v) is 2.64. The number of hydrogen-bond donors (Lipinski definition) is 2. The topological polar surface area (TPSA) is 89.3 Å². The predicted octanol–water partition coefficient (Wildman–Crippen LogP) is 0.515. The molecule has 0 bridgehead atoms. The van der Waals surface area contributed by atoms with Crippen LogP contribution in [0.5, 0.6) is 0 Å². The quantitative estimate of drug-likeness (QED) is 0.792. The Balaban J connectivity index is 2.75. The molecule has 7 heteroatoms. The standard InChI is InChI=1S/C10H16N2O3S2/c1-2-16(13)8-7-12-9-5-3-4-6-10(9)17(11,14)15/h3-6,12H,2,7-8H2,1H3,(H2,11,14,15). The zero-order chi connectivity index (χ0) is 12.9. The second-order valence-corrected chi connectivity index (χ2v) is 6.80. The Morgan fingerprint density at radius 1 is 1.35 bits per heavy atom. The maximum Gasteiger partial charge on any atom is 0.240 e. The summed E-state index contributed by atoms with van der Waals surface area (Å²) in [7, 11) is -4.60. The molecule has 17 heavy (non-hydrogen) atoms. The molecule has 1 atom stereocenters. The lowest BCUT2D eigenvalue weighted by atomic mass is 10.3. The van der Waals surface area contributed by atoms with Crippen LogP contribution in [0.25, 0.3) is 0 Å². The van der Waals surface area contributed by atoms with Gasteiger partial charge in [0.2, 0.25) is 10.0 Å². The molecule has 0 aromatic heterocycles. The zero-order valence-corrected chi connectivity index (χ0v) is 11.2. The maximum absolute atomic E-state index is 11.3. The van der Waals surface area contributed by atoms with Gasteiger partial charge >= 0.3 is 0 Å². The monoisotopic (exact) mass is 276 g/mol. The second-order valence-electron chi connectivity index (χ2n) is 3.40. The van der Waals surface area contributed by atoms with Gasteiger partial charge in [0.25, 0.3) is 0 Å². The third-order valence-electron chi connectivity index (χ3n) is 2.16. The van der Waals surface area contributed by atoms with Gasteiger partial charge < -0.3 is 5.32 Å². The van der Waals surface area contributed by atoms with Crippen LogP contribution in [0.3, 0.4) is 0 Å². The molecule has 0 amide bonds. The minimum absolute atomic E-state index is 0.0577. The largest absolute Gasteiger partial charge is 0.383 e. The van der Waals surface area contributed by atoms with E-state index >= 15 is 0 Å². The van der Waals surface area contributed by atoms with E-state index in [0.29, 0.717) is 23.7 Å². The summed E-state index contributed by atoms with van der Waals surface area (Å²) in [6, 6.07) is 6.39. The molecule has 1 unspecified atom stereocenters. The van der Waals surface area contributed by atoms with Gasteiger partial charge in [-0.1, -0.05) is 19.1 Å². The first-order valence-corrected chi connectivity index (χ1v) is 8.19. The van der Waals surface area contributed by atoms with Crippen molar-refractivity contribution in [1.82, 2.24) is 0 Å². The van der Waals surface area contributed by atoms with Gasteiger partial charge in [0.1, 0.15) is 4.90 Å². The first kappa shape index (κ1) is 14.1. The van der Waals surface area contributed by atoms with Crippen LogP contribution in [0.2, 0.25) is 0 Å². The lowest BCUT2D eigenvalue weighted by Gasteiger charge is -2.09. The van der Waals surface area contributed by atoms with Crippen LogP contribution in [0, 0.1) is 0 Å². The first-order chi connectivity index (χ1) is 7.95. The number of nitrogens with two attached hydrogens (primary N) is 1. The average molecular weight is 276 g/mol. The molecule has 0 saturated carbocycles. The average Bonchev–Trinajstić information content (AvgIpc) is 2.28. The van der Waals surface area contributed by atoms with Gasteiger partial charge in [0, 0.05) is 28.9 Å². The fraction of sp³-hybridized carbons (Fsp3) is 0.400. The van der Waals surface area contributed by atoms with Crippen LogP contribution in [0.15, 0.2) is 29.2 Å². The molecular formula is C10H16N2O3S2. The number of rotatable bonds is 6. The van der Waals surface area contributed by atoms with E-state index in [1.165, 1.54) is 6.07 Å². The minimum atomic E-state index is -3.73. The Kier molecular flexibility index (Phi) is 5.10. The Hall–Kier alpha value is -0.920. The number of sulfonamides is 1. The van der Waals surface area contributed by atoms with E-state index in [1.54, 1.807) is 18.2 Å². The Labute approximate surface area is 104 Å². The van der Waals surface area contributed by atoms with Crippen molar-refractivity contribution in [1.29, 1.82) is 0 Å². The van der Waals surface area contributed by atoms with Crippen molar-refractivity contribution in [2.24, 2.45) is 5.14 Å². The molecule has 5 nitrogen and oxygen atoms in total. The van der Waals surface area contributed by atoms with Gasteiger partial charge in [-0.05, 0) is 12.1 Å². The highest BCUT2D eigenvalue weighted by Crippen LogP contribution is 2.18. The van der Waals surface area contributed by atoms with E-state index in [0.717, 1.165) is 0 Å². The SMILES string of the molecule is CCS(=O)CCNc1ccccc1S(N)(=O)=O. The summed E-state index contributed by atoms with van der Waals surface area (Å²) < 4.78 is 33.8. The van der Waals surface area contributed by atoms with E-state index in [-0.39, 0.29) is 4.90 Å². The number of hydrogen-bond acceptors (Lipinski definition) is 4. The molecule has 1 aromatic carbocycles. The third kappa shape index (κ3) is 4.45. The minimum Gasteiger partial charge on any atom is -0.383 e. The molecule has 3 N–H and O–H groups in total. The number of primary sulfonamides is 1. The summed E-state index contributed by atoms with van der Waals surface area (Å²) in [4.78, 5) is 0.0577. The van der Waals surface area contributed by atoms with Crippen molar-refractivity contribution in [3.63, 3.8) is 0 Å². The highest BCUT2D eigenvalue weighted by Gasteiger charge is 2.12. The zero-order valence-electron chi connectivity index (χ0n) is 9.55. The Morgan fingerprint density at radius 3 is 2.59 bits per heavy atom. The fourth-order valence-electron chi connectivity index (χ4n) is 1.30. The summed E-state index contributed by atoms with van der Waals surface area (Å²) in [5.41, 5.74) is 0.447. The summed E-state index contributed by atoms with van der Waals surface area (Å²) in [5.74, 6) is 1.08.